The lowest BCUT2D eigenvalue weighted by Gasteiger charge is -2.10. The molecule has 6 nitrogen and oxygen atoms in total. The average molecular weight is 410 g/mol. The molecule has 0 aliphatic heterocycles. The number of amides is 1. The van der Waals surface area contributed by atoms with E-state index in [4.69, 9.17) is 11.6 Å². The fourth-order valence-electron chi connectivity index (χ4n) is 2.43. The highest BCUT2D eigenvalue weighted by atomic mass is 35.5. The highest BCUT2D eigenvalue weighted by molar-refractivity contribution is 6.32. The predicted molar refractivity (Wildman–Crippen MR) is 98.6 cm³/mol. The van der Waals surface area contributed by atoms with Gasteiger partial charge in [-0.3, -0.25) is 9.78 Å². The largest absolute Gasteiger partial charge is 0.435 e. The Morgan fingerprint density at radius 3 is 2.50 bits per heavy atom. The quantitative estimate of drug-likeness (QED) is 0.608. The first-order valence-corrected chi connectivity index (χ1v) is 8.58. The van der Waals surface area contributed by atoms with Gasteiger partial charge in [-0.15, -0.1) is 0 Å². The van der Waals surface area contributed by atoms with Crippen molar-refractivity contribution in [2.24, 2.45) is 0 Å². The molecule has 0 aliphatic carbocycles. The van der Waals surface area contributed by atoms with Gasteiger partial charge in [0.1, 0.15) is 5.69 Å². The van der Waals surface area contributed by atoms with Gasteiger partial charge in [0.15, 0.2) is 5.69 Å². The van der Waals surface area contributed by atoms with Crippen LogP contribution in [-0.2, 0) is 6.18 Å². The van der Waals surface area contributed by atoms with E-state index in [1.165, 1.54) is 12.1 Å². The number of para-hydroxylation sites is 1. The molecule has 10 heteroatoms. The number of alkyl halides is 3. The van der Waals surface area contributed by atoms with E-state index < -0.39 is 17.8 Å². The van der Waals surface area contributed by atoms with Gasteiger partial charge >= 0.3 is 6.18 Å². The van der Waals surface area contributed by atoms with E-state index in [0.29, 0.717) is 12.6 Å². The minimum atomic E-state index is -4.69. The third-order valence-electron chi connectivity index (χ3n) is 3.73. The van der Waals surface area contributed by atoms with Crippen molar-refractivity contribution in [1.29, 1.82) is 0 Å². The highest BCUT2D eigenvalue weighted by Crippen LogP contribution is 2.30. The van der Waals surface area contributed by atoms with Crippen molar-refractivity contribution < 1.29 is 18.0 Å². The summed E-state index contributed by atoms with van der Waals surface area (Å²) in [6.45, 7) is 0.568. The monoisotopic (exact) mass is 409 g/mol. The number of halogens is 4. The molecular weight excluding hydrogens is 395 g/mol. The third-order valence-corrected chi connectivity index (χ3v) is 4.05. The van der Waals surface area contributed by atoms with Gasteiger partial charge in [-0.2, -0.15) is 18.3 Å². The van der Waals surface area contributed by atoms with E-state index in [9.17, 15) is 18.0 Å². The van der Waals surface area contributed by atoms with Crippen molar-refractivity contribution in [2.45, 2.75) is 6.18 Å². The van der Waals surface area contributed by atoms with Gasteiger partial charge in [0.25, 0.3) is 5.91 Å². The molecular formula is C18H15ClF3N5O. The molecule has 1 amide bonds. The van der Waals surface area contributed by atoms with Crippen LogP contribution in [0.1, 0.15) is 16.2 Å². The van der Waals surface area contributed by atoms with Gasteiger partial charge in [0.2, 0.25) is 0 Å². The van der Waals surface area contributed by atoms with Crippen LogP contribution in [0.5, 0.6) is 0 Å². The van der Waals surface area contributed by atoms with Crippen molar-refractivity contribution in [3.63, 3.8) is 0 Å². The van der Waals surface area contributed by atoms with Crippen LogP contribution < -0.4 is 10.6 Å². The van der Waals surface area contributed by atoms with E-state index in [-0.39, 0.29) is 22.9 Å². The molecule has 0 atom stereocenters. The van der Waals surface area contributed by atoms with Crippen molar-refractivity contribution in [3.05, 3.63) is 71.3 Å². The maximum Gasteiger partial charge on any atom is 0.435 e. The molecule has 1 aromatic carbocycles. The second-order valence-electron chi connectivity index (χ2n) is 5.69. The van der Waals surface area contributed by atoms with E-state index >= 15 is 0 Å². The SMILES string of the molecule is O=C(NCCNc1ccncc1)c1cc(C(F)(F)F)nn1-c1ccccc1Cl. The van der Waals surface area contributed by atoms with Gasteiger partial charge in [-0.1, -0.05) is 23.7 Å². The number of benzene rings is 1. The summed E-state index contributed by atoms with van der Waals surface area (Å²) in [5.74, 6) is -0.695. The minimum absolute atomic E-state index is 0.174. The number of nitrogens with zero attached hydrogens (tertiary/aromatic N) is 3. The molecule has 28 heavy (non-hydrogen) atoms. The molecule has 2 N–H and O–H groups in total. The average Bonchev–Trinajstić information content (AvgIpc) is 3.12. The maximum atomic E-state index is 13.1. The second-order valence-corrected chi connectivity index (χ2v) is 6.10. The fourth-order valence-corrected chi connectivity index (χ4v) is 2.65. The summed E-state index contributed by atoms with van der Waals surface area (Å²) in [7, 11) is 0. The van der Waals surface area contributed by atoms with E-state index in [1.54, 1.807) is 36.7 Å². The molecule has 3 rings (SSSR count). The van der Waals surface area contributed by atoms with Crippen LogP contribution in [-0.4, -0.2) is 33.8 Å². The molecule has 0 saturated carbocycles. The van der Waals surface area contributed by atoms with Crippen molar-refractivity contribution in [2.75, 3.05) is 18.4 Å². The lowest BCUT2D eigenvalue weighted by molar-refractivity contribution is -0.141. The third kappa shape index (κ3) is 4.61. The van der Waals surface area contributed by atoms with Crippen LogP contribution in [0.3, 0.4) is 0 Å². The normalized spacial score (nSPS) is 11.3. The Kier molecular flexibility index (Phi) is 5.84. The summed E-state index contributed by atoms with van der Waals surface area (Å²) in [6.07, 6.45) is -1.46. The lowest BCUT2D eigenvalue weighted by Crippen LogP contribution is -2.30. The molecule has 0 spiro atoms. The molecule has 0 saturated heterocycles. The topological polar surface area (TPSA) is 71.8 Å². The minimum Gasteiger partial charge on any atom is -0.383 e. The van der Waals surface area contributed by atoms with E-state index in [2.05, 4.69) is 20.7 Å². The van der Waals surface area contributed by atoms with Crippen LogP contribution in [0, 0.1) is 0 Å². The number of aromatic nitrogens is 3. The number of nitrogens with one attached hydrogen (secondary N) is 2. The number of anilines is 1. The number of carbonyl (C=O) groups excluding carboxylic acids is 1. The summed E-state index contributed by atoms with van der Waals surface area (Å²) >= 11 is 6.06. The summed E-state index contributed by atoms with van der Waals surface area (Å²) in [6, 6.07) is 10.4. The van der Waals surface area contributed by atoms with E-state index in [0.717, 1.165) is 10.4 Å². The van der Waals surface area contributed by atoms with Gasteiger partial charge in [-0.25, -0.2) is 4.68 Å². The molecule has 0 radical (unpaired) electrons. The molecule has 2 aromatic heterocycles. The summed E-state index contributed by atoms with van der Waals surface area (Å²) in [5.41, 5.74) is -0.443. The van der Waals surface area contributed by atoms with Crippen LogP contribution in [0.25, 0.3) is 5.69 Å². The van der Waals surface area contributed by atoms with E-state index in [1.807, 2.05) is 0 Å². The van der Waals surface area contributed by atoms with Gasteiger partial charge in [0.05, 0.1) is 10.7 Å². The number of rotatable bonds is 6. The molecule has 0 unspecified atom stereocenters. The number of hydrogen-bond acceptors (Lipinski definition) is 4. The highest BCUT2D eigenvalue weighted by Gasteiger charge is 2.36. The number of pyridine rings is 1. The standard InChI is InChI=1S/C18H15ClF3N5O/c19-13-3-1-2-4-14(13)27-15(11-16(26-27)18(20,21)22)17(28)25-10-9-24-12-5-7-23-8-6-12/h1-8,11H,9-10H2,(H,23,24)(H,25,28). The van der Waals surface area contributed by atoms with Crippen LogP contribution in [0.2, 0.25) is 5.02 Å². The Morgan fingerprint density at radius 2 is 1.82 bits per heavy atom. The van der Waals surface area contributed by atoms with Crippen molar-refractivity contribution in [3.8, 4) is 5.69 Å². The van der Waals surface area contributed by atoms with Gasteiger partial charge in [-0.05, 0) is 24.3 Å². The molecule has 0 fully saturated rings. The van der Waals surface area contributed by atoms with Crippen LogP contribution >= 0.6 is 11.6 Å². The summed E-state index contributed by atoms with van der Waals surface area (Å²) < 4.78 is 40.2. The molecule has 2 heterocycles. The zero-order chi connectivity index (χ0) is 20.1. The second kappa shape index (κ2) is 8.30. The maximum absolute atomic E-state index is 13.1. The Hall–Kier alpha value is -3.07. The Labute approximate surface area is 163 Å². The Bertz CT molecular complexity index is 959. The first kappa shape index (κ1) is 19.7. The predicted octanol–water partition coefficient (Wildman–Crippen LogP) is 3.78. The molecule has 3 aromatic rings. The van der Waals surface area contributed by atoms with Gasteiger partial charge in [0, 0.05) is 37.2 Å². The molecule has 0 aliphatic rings. The first-order chi connectivity index (χ1) is 13.4. The molecule has 0 bridgehead atoms. The Balaban J connectivity index is 1.77. The van der Waals surface area contributed by atoms with Crippen molar-refractivity contribution in [1.82, 2.24) is 20.1 Å². The zero-order valence-electron chi connectivity index (χ0n) is 14.4. The van der Waals surface area contributed by atoms with Crippen LogP contribution in [0.4, 0.5) is 18.9 Å². The number of carbonyl (C=O) groups is 1. The fraction of sp³-hybridized carbons (Fsp3) is 0.167. The first-order valence-electron chi connectivity index (χ1n) is 8.20. The van der Waals surface area contributed by atoms with Crippen molar-refractivity contribution >= 4 is 23.2 Å². The Morgan fingerprint density at radius 1 is 1.11 bits per heavy atom. The smallest absolute Gasteiger partial charge is 0.383 e. The summed E-state index contributed by atoms with van der Waals surface area (Å²) in [5, 5.41) is 9.34. The summed E-state index contributed by atoms with van der Waals surface area (Å²) in [4.78, 5) is 16.4. The zero-order valence-corrected chi connectivity index (χ0v) is 15.1. The number of hydrogen-bond donors (Lipinski definition) is 2. The lowest BCUT2D eigenvalue weighted by atomic mass is 10.3. The molecule has 146 valence electrons. The van der Waals surface area contributed by atoms with Gasteiger partial charge < -0.3 is 10.6 Å². The van der Waals surface area contributed by atoms with Crippen LogP contribution in [0.15, 0.2) is 54.9 Å².